The highest BCUT2D eigenvalue weighted by Gasteiger charge is 2.37. The number of hydrogen-bond acceptors (Lipinski definition) is 8. The van der Waals surface area contributed by atoms with Crippen LogP contribution in [0.25, 0.3) is 27.5 Å². The Labute approximate surface area is 232 Å². The van der Waals surface area contributed by atoms with Crippen LogP contribution in [0.5, 0.6) is 5.75 Å². The second-order valence-corrected chi connectivity index (χ2v) is 9.57. The number of nitrogens with zero attached hydrogens (tertiary/aromatic N) is 4. The number of phenols is 1. The molecule has 41 heavy (non-hydrogen) atoms. The van der Waals surface area contributed by atoms with Crippen molar-refractivity contribution in [1.82, 2.24) is 15.0 Å². The summed E-state index contributed by atoms with van der Waals surface area (Å²) in [5.41, 5.74) is 2.76. The highest BCUT2D eigenvalue weighted by Crippen LogP contribution is 2.41. The third-order valence-corrected chi connectivity index (χ3v) is 6.79. The Morgan fingerprint density at radius 3 is 2.20 bits per heavy atom. The second kappa shape index (κ2) is 9.87. The van der Waals surface area contributed by atoms with Gasteiger partial charge in [-0.05, 0) is 48.0 Å². The first-order valence-electron chi connectivity index (χ1n) is 12.8. The summed E-state index contributed by atoms with van der Waals surface area (Å²) >= 11 is 0. The molecule has 0 spiro atoms. The van der Waals surface area contributed by atoms with Gasteiger partial charge in [0.25, 0.3) is 11.8 Å². The lowest BCUT2D eigenvalue weighted by molar-refractivity contribution is -0.140. The molecular weight excluding hydrogens is 526 g/mol. The van der Waals surface area contributed by atoms with Crippen LogP contribution in [0.1, 0.15) is 40.1 Å². The Balaban J connectivity index is 1.51. The summed E-state index contributed by atoms with van der Waals surface area (Å²) < 4.78 is 5.10. The smallest absolute Gasteiger partial charge is 0.302 e. The Hall–Kier alpha value is -5.58. The fraction of sp³-hybridized carbons (Fsp3) is 0.133. The molecule has 0 fully saturated rings. The van der Waals surface area contributed by atoms with E-state index in [0.29, 0.717) is 33.1 Å². The van der Waals surface area contributed by atoms with E-state index in [-0.39, 0.29) is 47.2 Å². The fourth-order valence-electron chi connectivity index (χ4n) is 5.02. The Morgan fingerprint density at radius 2 is 1.54 bits per heavy atom. The van der Waals surface area contributed by atoms with Crippen LogP contribution in [0.2, 0.25) is 0 Å². The lowest BCUT2D eigenvalue weighted by atomic mass is 9.92. The topological polar surface area (TPSA) is 144 Å². The molecule has 3 amide bonds. The van der Waals surface area contributed by atoms with Crippen molar-refractivity contribution in [1.29, 1.82) is 0 Å². The van der Waals surface area contributed by atoms with Gasteiger partial charge in [-0.1, -0.05) is 24.3 Å². The SMILES string of the molecule is CC(=O)Nc1ccc2c3c(cccc13)C(=O)N(c1cc(CCOC(C)=O)cc(-n3nc4ccccc4n3)c1O)C2=O. The van der Waals surface area contributed by atoms with Crippen LogP contribution >= 0.6 is 0 Å². The van der Waals surface area contributed by atoms with E-state index in [4.69, 9.17) is 4.74 Å². The summed E-state index contributed by atoms with van der Waals surface area (Å²) in [5, 5.41) is 24.1. The summed E-state index contributed by atoms with van der Waals surface area (Å²) in [6.45, 7) is 2.72. The zero-order valence-corrected chi connectivity index (χ0v) is 22.0. The molecule has 11 nitrogen and oxygen atoms in total. The molecule has 11 heteroatoms. The molecule has 1 aromatic heterocycles. The number of ether oxygens (including phenoxy) is 1. The molecule has 0 unspecified atom stereocenters. The highest BCUT2D eigenvalue weighted by molar-refractivity contribution is 6.37. The van der Waals surface area contributed by atoms with Crippen LogP contribution in [0, 0.1) is 0 Å². The van der Waals surface area contributed by atoms with Crippen LogP contribution < -0.4 is 10.2 Å². The van der Waals surface area contributed by atoms with E-state index in [1.807, 2.05) is 12.1 Å². The Morgan fingerprint density at radius 1 is 0.878 bits per heavy atom. The normalized spacial score (nSPS) is 12.7. The molecule has 0 aliphatic carbocycles. The molecule has 204 valence electrons. The minimum absolute atomic E-state index is 0.0451. The van der Waals surface area contributed by atoms with Gasteiger partial charge in [-0.3, -0.25) is 19.2 Å². The number of anilines is 2. The maximum Gasteiger partial charge on any atom is 0.302 e. The first-order chi connectivity index (χ1) is 19.7. The van der Waals surface area contributed by atoms with Crippen molar-refractivity contribution in [3.8, 4) is 11.4 Å². The van der Waals surface area contributed by atoms with Crippen LogP contribution in [0.15, 0.2) is 66.7 Å². The molecule has 0 atom stereocenters. The molecule has 4 aromatic carbocycles. The largest absolute Gasteiger partial charge is 0.504 e. The molecule has 1 aliphatic rings. The van der Waals surface area contributed by atoms with Gasteiger partial charge in [-0.2, -0.15) is 0 Å². The number of fused-ring (bicyclic) bond motifs is 1. The van der Waals surface area contributed by atoms with Crippen molar-refractivity contribution < 1.29 is 29.0 Å². The number of phenolic OH excluding ortho intramolecular Hbond substituents is 1. The predicted molar refractivity (Wildman–Crippen MR) is 150 cm³/mol. The molecule has 0 saturated heterocycles. The summed E-state index contributed by atoms with van der Waals surface area (Å²) in [6.07, 6.45) is 0.239. The molecule has 5 aromatic rings. The maximum atomic E-state index is 13.9. The molecule has 0 radical (unpaired) electrons. The average molecular weight is 550 g/mol. The van der Waals surface area contributed by atoms with Gasteiger partial charge < -0.3 is 15.2 Å². The average Bonchev–Trinajstić information content (AvgIpc) is 3.37. The number of aromatic hydroxyl groups is 1. The number of carbonyl (C=O) groups excluding carboxylic acids is 4. The van der Waals surface area contributed by atoms with Crippen molar-refractivity contribution in [2.24, 2.45) is 0 Å². The third-order valence-electron chi connectivity index (χ3n) is 6.79. The van der Waals surface area contributed by atoms with Crippen LogP contribution in [0.3, 0.4) is 0 Å². The third kappa shape index (κ3) is 4.42. The molecule has 0 bridgehead atoms. The zero-order chi connectivity index (χ0) is 28.8. The van der Waals surface area contributed by atoms with Gasteiger partial charge in [0.15, 0.2) is 5.75 Å². The summed E-state index contributed by atoms with van der Waals surface area (Å²) in [7, 11) is 0. The number of aromatic nitrogens is 3. The number of rotatable bonds is 6. The number of benzene rings is 4. The van der Waals surface area contributed by atoms with E-state index in [0.717, 1.165) is 4.90 Å². The quantitative estimate of drug-likeness (QED) is 0.238. The fourth-order valence-corrected chi connectivity index (χ4v) is 5.02. The molecule has 6 rings (SSSR count). The number of esters is 1. The number of imide groups is 1. The second-order valence-electron chi connectivity index (χ2n) is 9.57. The minimum Gasteiger partial charge on any atom is -0.504 e. The number of nitrogens with one attached hydrogen (secondary N) is 1. The molecule has 0 saturated carbocycles. The van der Waals surface area contributed by atoms with Crippen molar-refractivity contribution in [3.05, 3.63) is 83.4 Å². The van der Waals surface area contributed by atoms with Crippen LogP contribution in [-0.2, 0) is 20.7 Å². The van der Waals surface area contributed by atoms with E-state index in [1.54, 1.807) is 48.5 Å². The van der Waals surface area contributed by atoms with Gasteiger partial charge in [0.1, 0.15) is 16.7 Å². The van der Waals surface area contributed by atoms with E-state index in [1.165, 1.54) is 24.7 Å². The minimum atomic E-state index is -0.648. The van der Waals surface area contributed by atoms with Crippen molar-refractivity contribution in [3.63, 3.8) is 0 Å². The van der Waals surface area contributed by atoms with Crippen molar-refractivity contribution in [2.75, 3.05) is 16.8 Å². The monoisotopic (exact) mass is 549 g/mol. The van der Waals surface area contributed by atoms with Gasteiger partial charge in [0.2, 0.25) is 5.91 Å². The summed E-state index contributed by atoms with van der Waals surface area (Å²) in [5.74, 6) is -2.42. The van der Waals surface area contributed by atoms with E-state index in [2.05, 4.69) is 15.5 Å². The van der Waals surface area contributed by atoms with E-state index >= 15 is 0 Å². The maximum absolute atomic E-state index is 13.9. The van der Waals surface area contributed by atoms with E-state index in [9.17, 15) is 24.3 Å². The van der Waals surface area contributed by atoms with Crippen molar-refractivity contribution in [2.45, 2.75) is 20.3 Å². The molecule has 1 aliphatic heterocycles. The van der Waals surface area contributed by atoms with Gasteiger partial charge in [0.05, 0.1) is 12.3 Å². The molecule has 2 heterocycles. The number of carbonyl (C=O) groups is 4. The predicted octanol–water partition coefficient (Wildman–Crippen LogP) is 4.14. The lowest BCUT2D eigenvalue weighted by Crippen LogP contribution is -2.40. The lowest BCUT2D eigenvalue weighted by Gasteiger charge is -2.29. The first-order valence-corrected chi connectivity index (χ1v) is 12.8. The molecular formula is C30H23N5O6. The molecule has 2 N–H and O–H groups in total. The van der Waals surface area contributed by atoms with Gasteiger partial charge in [-0.25, -0.2) is 4.90 Å². The Bertz CT molecular complexity index is 1870. The summed E-state index contributed by atoms with van der Waals surface area (Å²) in [4.78, 5) is 53.1. The van der Waals surface area contributed by atoms with E-state index < -0.39 is 17.8 Å². The summed E-state index contributed by atoms with van der Waals surface area (Å²) in [6, 6.07) is 18.4. The highest BCUT2D eigenvalue weighted by atomic mass is 16.5. The number of amides is 3. The van der Waals surface area contributed by atoms with Gasteiger partial charge >= 0.3 is 5.97 Å². The van der Waals surface area contributed by atoms with Gasteiger partial charge in [-0.15, -0.1) is 15.0 Å². The van der Waals surface area contributed by atoms with Crippen LogP contribution in [0.4, 0.5) is 11.4 Å². The van der Waals surface area contributed by atoms with Gasteiger partial charge in [0, 0.05) is 47.9 Å². The standard InChI is InChI=1S/C30H23N5O6/c1-16(36)31-22-11-10-21-27-19(22)6-5-7-20(27)29(39)34(30(21)40)25-14-18(12-13-41-17(2)37)15-26(28(25)38)35-32-23-8-3-4-9-24(23)33-35/h3-11,14-15,38H,12-13H2,1-2H3,(H,31,36). The van der Waals surface area contributed by atoms with Crippen LogP contribution in [-0.4, -0.2) is 50.4 Å². The number of hydrogen-bond donors (Lipinski definition) is 2. The zero-order valence-electron chi connectivity index (χ0n) is 22.0. The Kier molecular flexibility index (Phi) is 6.18. The van der Waals surface area contributed by atoms with Crippen molar-refractivity contribution >= 4 is 56.9 Å². The first kappa shape index (κ1) is 25.7.